The van der Waals surface area contributed by atoms with Gasteiger partial charge in [0.15, 0.2) is 6.10 Å². The molecule has 0 aliphatic heterocycles. The third-order valence-electron chi connectivity index (χ3n) is 15.5. The van der Waals surface area contributed by atoms with Crippen molar-refractivity contribution in [2.24, 2.45) is 0 Å². The molecule has 0 fully saturated rings. The van der Waals surface area contributed by atoms with Crippen LogP contribution in [-0.4, -0.2) is 70.0 Å². The van der Waals surface area contributed by atoms with E-state index in [0.717, 1.165) is 109 Å². The van der Waals surface area contributed by atoms with Gasteiger partial charge in [0.2, 0.25) is 0 Å². The Morgan fingerprint density at radius 2 is 0.648 bits per heavy atom. The molecule has 2 unspecified atom stereocenters. The van der Waals surface area contributed by atoms with Gasteiger partial charge < -0.3 is 27.9 Å². The first kappa shape index (κ1) is 84.4. The summed E-state index contributed by atoms with van der Waals surface area (Å²) in [5, 5.41) is 0. The molecule has 9 nitrogen and oxygen atoms in total. The van der Waals surface area contributed by atoms with E-state index in [4.69, 9.17) is 18.5 Å². The van der Waals surface area contributed by atoms with Gasteiger partial charge in [-0.05, 0) is 89.9 Å². The molecule has 0 rings (SSSR count). The molecule has 10 heteroatoms. The summed E-state index contributed by atoms with van der Waals surface area (Å²) < 4.78 is 34.3. The fraction of sp³-hybridized carbons (Fsp3) is 0.718. The Labute approximate surface area is 543 Å². The summed E-state index contributed by atoms with van der Waals surface area (Å²) in [6.45, 7) is 4.15. The molecule has 88 heavy (non-hydrogen) atoms. The maximum atomic E-state index is 12.9. The molecular formula is C78H136NO8P. The van der Waals surface area contributed by atoms with E-state index in [1.54, 1.807) is 0 Å². The van der Waals surface area contributed by atoms with E-state index in [1.807, 2.05) is 21.1 Å². The molecule has 0 amide bonds. The van der Waals surface area contributed by atoms with Crippen LogP contribution in [0.5, 0.6) is 0 Å². The molecule has 0 spiro atoms. The SMILES string of the molecule is CC/C=C\C/C=C\C/C=C\C/C=C\C/C=C\C/C=C\C/C=C\C/C=C\C/C=C\C/C=C\CCCCCCCCCCCCC(=O)OC(COC(=O)CCCCCCCCCCCCCCCCCCCCCCCCC)COP(=O)([O-])OCC[N+](C)(C)C. The second-order valence-corrected chi connectivity index (χ2v) is 26.6. The summed E-state index contributed by atoms with van der Waals surface area (Å²) in [6.07, 6.45) is 97.1. The highest BCUT2D eigenvalue weighted by atomic mass is 31.2. The topological polar surface area (TPSA) is 111 Å². The number of allylic oxidation sites excluding steroid dienone is 20. The Hall–Kier alpha value is -3.59. The number of phosphoric acid groups is 1. The lowest BCUT2D eigenvalue weighted by atomic mass is 10.0. The van der Waals surface area contributed by atoms with Crippen molar-refractivity contribution in [1.29, 1.82) is 0 Å². The van der Waals surface area contributed by atoms with Crippen molar-refractivity contribution in [1.82, 2.24) is 0 Å². The molecular weight excluding hydrogens is 1110 g/mol. The van der Waals surface area contributed by atoms with Gasteiger partial charge in [-0.15, -0.1) is 0 Å². The molecule has 2 atom stereocenters. The Morgan fingerprint density at radius 1 is 0.364 bits per heavy atom. The first-order valence-electron chi connectivity index (χ1n) is 36.2. The van der Waals surface area contributed by atoms with E-state index >= 15 is 0 Å². The number of esters is 2. The van der Waals surface area contributed by atoms with Crippen LogP contribution < -0.4 is 4.89 Å². The van der Waals surface area contributed by atoms with E-state index in [0.29, 0.717) is 17.4 Å². The van der Waals surface area contributed by atoms with Gasteiger partial charge in [-0.3, -0.25) is 14.2 Å². The lowest BCUT2D eigenvalue weighted by molar-refractivity contribution is -0.870. The number of carbonyl (C=O) groups excluding carboxylic acids is 2. The van der Waals surface area contributed by atoms with Crippen molar-refractivity contribution < 1.29 is 42.1 Å². The molecule has 0 aliphatic rings. The fourth-order valence-electron chi connectivity index (χ4n) is 9.98. The van der Waals surface area contributed by atoms with Crippen LogP contribution >= 0.6 is 7.82 Å². The second kappa shape index (κ2) is 67.8. The number of phosphoric ester groups is 1. The normalized spacial score (nSPS) is 13.8. The number of hydrogen-bond donors (Lipinski definition) is 0. The quantitative estimate of drug-likeness (QED) is 0.0195. The molecule has 0 aliphatic carbocycles. The van der Waals surface area contributed by atoms with Gasteiger partial charge in [-0.2, -0.15) is 0 Å². The van der Waals surface area contributed by atoms with E-state index in [9.17, 15) is 19.0 Å². The fourth-order valence-corrected chi connectivity index (χ4v) is 10.7. The number of unbranched alkanes of at least 4 members (excludes halogenated alkanes) is 32. The van der Waals surface area contributed by atoms with Crippen LogP contribution in [0.25, 0.3) is 0 Å². The smallest absolute Gasteiger partial charge is 0.306 e. The first-order valence-corrected chi connectivity index (χ1v) is 37.7. The van der Waals surface area contributed by atoms with Gasteiger partial charge in [-0.1, -0.05) is 328 Å². The summed E-state index contributed by atoms with van der Waals surface area (Å²) >= 11 is 0. The summed E-state index contributed by atoms with van der Waals surface area (Å²) in [7, 11) is 1.16. The third-order valence-corrected chi connectivity index (χ3v) is 16.5. The lowest BCUT2D eigenvalue weighted by Gasteiger charge is -2.28. The minimum absolute atomic E-state index is 0.0347. The van der Waals surface area contributed by atoms with Crippen LogP contribution in [0.4, 0.5) is 0 Å². The lowest BCUT2D eigenvalue weighted by Crippen LogP contribution is -2.37. The first-order chi connectivity index (χ1) is 43.0. The molecule has 0 N–H and O–H groups in total. The van der Waals surface area contributed by atoms with Gasteiger partial charge >= 0.3 is 11.9 Å². The van der Waals surface area contributed by atoms with Crippen molar-refractivity contribution >= 4 is 19.8 Å². The average molecular weight is 1250 g/mol. The predicted molar refractivity (Wildman–Crippen MR) is 378 cm³/mol. The molecule has 0 bridgehead atoms. The van der Waals surface area contributed by atoms with Gasteiger partial charge in [-0.25, -0.2) is 0 Å². The zero-order valence-electron chi connectivity index (χ0n) is 57.6. The van der Waals surface area contributed by atoms with Gasteiger partial charge in [0.1, 0.15) is 19.8 Å². The number of rotatable bonds is 66. The largest absolute Gasteiger partial charge is 0.756 e. The Morgan fingerprint density at radius 3 is 0.966 bits per heavy atom. The maximum Gasteiger partial charge on any atom is 0.306 e. The Kier molecular flexibility index (Phi) is 65.0. The number of quaternary nitrogens is 1. The standard InChI is InChI=1S/C78H136NO8P/c1-6-8-10-12-14-16-18-20-22-24-26-28-30-31-32-33-34-35-36-37-38-39-40-41-42-43-44-45-46-47-49-51-53-55-57-59-61-63-65-67-69-71-78(81)87-76(75-86-88(82,83)85-73-72-79(3,4)5)74-84-77(80)70-68-66-64-62-60-58-56-54-52-50-48-29-27-25-23-21-19-17-15-13-11-9-7-2/h8,10,14,16,20,22,26,28,31-32,34-35,37-38,40-41,43-44,46-47,76H,6-7,9,11-13,15,17-19,21,23-25,27,29-30,33,36,39,42,45,48-75H2,1-5H3/b10-8-,16-14-,22-20-,28-26-,32-31-,35-34-,38-37-,41-40-,44-43-,47-46-. The molecule has 0 aromatic carbocycles. The molecule has 0 heterocycles. The van der Waals surface area contributed by atoms with Crippen molar-refractivity contribution in [3.63, 3.8) is 0 Å². The summed E-state index contributed by atoms with van der Waals surface area (Å²) in [5.41, 5.74) is 0. The number of hydrogen-bond acceptors (Lipinski definition) is 8. The highest BCUT2D eigenvalue weighted by Gasteiger charge is 2.22. The average Bonchev–Trinajstić information content (AvgIpc) is 3.58. The Balaban J connectivity index is 4.06. The number of ether oxygens (including phenoxy) is 2. The zero-order chi connectivity index (χ0) is 64.1. The number of nitrogens with zero attached hydrogens (tertiary/aromatic N) is 1. The minimum atomic E-state index is -4.65. The maximum absolute atomic E-state index is 12.9. The van der Waals surface area contributed by atoms with Gasteiger partial charge in [0.25, 0.3) is 7.82 Å². The number of carbonyl (C=O) groups is 2. The monoisotopic (exact) mass is 1250 g/mol. The minimum Gasteiger partial charge on any atom is -0.756 e. The summed E-state index contributed by atoms with van der Waals surface area (Å²) in [5.74, 6) is -0.831. The molecule has 506 valence electrons. The molecule has 0 saturated heterocycles. The van der Waals surface area contributed by atoms with Gasteiger partial charge in [0, 0.05) is 12.8 Å². The van der Waals surface area contributed by atoms with Crippen molar-refractivity contribution in [3.8, 4) is 0 Å². The molecule has 0 aromatic heterocycles. The van der Waals surface area contributed by atoms with Crippen LogP contribution in [0.1, 0.15) is 309 Å². The highest BCUT2D eigenvalue weighted by molar-refractivity contribution is 7.45. The molecule has 0 radical (unpaired) electrons. The predicted octanol–water partition coefficient (Wildman–Crippen LogP) is 23.2. The van der Waals surface area contributed by atoms with E-state index in [-0.39, 0.29) is 32.0 Å². The van der Waals surface area contributed by atoms with Crippen molar-refractivity contribution in [3.05, 3.63) is 122 Å². The van der Waals surface area contributed by atoms with E-state index in [1.165, 1.54) is 167 Å². The summed E-state index contributed by atoms with van der Waals surface area (Å²) in [6, 6.07) is 0. The van der Waals surface area contributed by atoms with Gasteiger partial charge in [0.05, 0.1) is 27.7 Å². The van der Waals surface area contributed by atoms with Crippen LogP contribution in [-0.2, 0) is 32.7 Å². The van der Waals surface area contributed by atoms with Crippen molar-refractivity contribution in [2.75, 3.05) is 47.5 Å². The zero-order valence-corrected chi connectivity index (χ0v) is 58.5. The molecule has 0 aromatic rings. The van der Waals surface area contributed by atoms with Crippen LogP contribution in [0.2, 0.25) is 0 Å². The summed E-state index contributed by atoms with van der Waals surface area (Å²) in [4.78, 5) is 38.1. The highest BCUT2D eigenvalue weighted by Crippen LogP contribution is 2.38. The second-order valence-electron chi connectivity index (χ2n) is 25.2. The third kappa shape index (κ3) is 71.5. The van der Waals surface area contributed by atoms with Crippen LogP contribution in [0, 0.1) is 0 Å². The van der Waals surface area contributed by atoms with E-state index in [2.05, 4.69) is 135 Å². The van der Waals surface area contributed by atoms with Crippen molar-refractivity contribution in [2.45, 2.75) is 315 Å². The molecule has 0 saturated carbocycles. The van der Waals surface area contributed by atoms with Crippen LogP contribution in [0.3, 0.4) is 0 Å². The Bertz CT molecular complexity index is 1900. The van der Waals surface area contributed by atoms with E-state index < -0.39 is 26.5 Å². The van der Waals surface area contributed by atoms with Crippen LogP contribution in [0.15, 0.2) is 122 Å². The number of likely N-dealkylation sites (N-methyl/N-ethyl adjacent to an activating group) is 1.